The number of rotatable bonds is 23. The molecule has 0 amide bonds. The summed E-state index contributed by atoms with van der Waals surface area (Å²) in [7, 11) is 2.75. The summed E-state index contributed by atoms with van der Waals surface area (Å²) in [4.78, 5) is 8.12. The standard InChI is InChI=1S/C27H59N3O3Si/c1-6-8-14-18-28(19-15-9-7-2)21-24-30-25-22-29(23-26-30)20-16-12-10-11-13-17-27-34(31-3,32-4)33-5/h6-27H2,1-5H3. The zero-order valence-corrected chi connectivity index (χ0v) is 24.6. The summed E-state index contributed by atoms with van der Waals surface area (Å²) >= 11 is 0. The van der Waals surface area contributed by atoms with Crippen LogP contribution in [0.3, 0.4) is 0 Å². The molecule has 0 aliphatic carbocycles. The van der Waals surface area contributed by atoms with Crippen LogP contribution in [0, 0.1) is 0 Å². The van der Waals surface area contributed by atoms with Gasteiger partial charge in [-0.15, -0.1) is 0 Å². The van der Waals surface area contributed by atoms with Gasteiger partial charge in [-0.25, -0.2) is 0 Å². The minimum absolute atomic E-state index is 0.927. The second kappa shape index (κ2) is 21.1. The molecule has 0 bridgehead atoms. The topological polar surface area (TPSA) is 37.4 Å². The van der Waals surface area contributed by atoms with Crippen LogP contribution in [0.1, 0.15) is 90.9 Å². The van der Waals surface area contributed by atoms with Crippen molar-refractivity contribution in [2.45, 2.75) is 96.9 Å². The third kappa shape index (κ3) is 14.5. The molecule has 0 atom stereocenters. The largest absolute Gasteiger partial charge is 0.500 e. The van der Waals surface area contributed by atoms with Crippen molar-refractivity contribution in [3.05, 3.63) is 0 Å². The van der Waals surface area contributed by atoms with E-state index in [9.17, 15) is 0 Å². The summed E-state index contributed by atoms with van der Waals surface area (Å²) in [5.41, 5.74) is 0. The van der Waals surface area contributed by atoms with Crippen LogP contribution < -0.4 is 0 Å². The van der Waals surface area contributed by atoms with Crippen LogP contribution in [-0.4, -0.2) is 104 Å². The van der Waals surface area contributed by atoms with E-state index in [1.807, 2.05) is 0 Å². The maximum absolute atomic E-state index is 5.51. The molecule has 1 aliphatic heterocycles. The van der Waals surface area contributed by atoms with Crippen molar-refractivity contribution in [2.75, 3.05) is 80.2 Å². The highest BCUT2D eigenvalue weighted by Gasteiger charge is 2.36. The first-order chi connectivity index (χ1) is 16.6. The first-order valence-electron chi connectivity index (χ1n) is 14.5. The monoisotopic (exact) mass is 501 g/mol. The first kappa shape index (κ1) is 32.0. The Balaban J connectivity index is 2.07. The third-order valence-corrected chi connectivity index (χ3v) is 10.3. The van der Waals surface area contributed by atoms with Gasteiger partial charge in [0.1, 0.15) is 0 Å². The average molecular weight is 502 g/mol. The van der Waals surface area contributed by atoms with Crippen LogP contribution in [0.15, 0.2) is 0 Å². The zero-order valence-electron chi connectivity index (χ0n) is 23.6. The van der Waals surface area contributed by atoms with Gasteiger partial charge in [0.25, 0.3) is 0 Å². The number of hydrogen-bond donors (Lipinski definition) is 0. The molecule has 0 saturated carbocycles. The Morgan fingerprint density at radius 1 is 0.559 bits per heavy atom. The number of hydrogen-bond acceptors (Lipinski definition) is 6. The van der Waals surface area contributed by atoms with Gasteiger partial charge in [-0.05, 0) is 45.3 Å². The molecule has 204 valence electrons. The first-order valence-corrected chi connectivity index (χ1v) is 16.4. The van der Waals surface area contributed by atoms with Crippen LogP contribution in [0.2, 0.25) is 6.04 Å². The fraction of sp³-hybridized carbons (Fsp3) is 1.00. The highest BCUT2D eigenvalue weighted by Crippen LogP contribution is 2.18. The maximum atomic E-state index is 5.51. The summed E-state index contributed by atoms with van der Waals surface area (Å²) in [6.07, 6.45) is 15.9. The van der Waals surface area contributed by atoms with E-state index < -0.39 is 8.80 Å². The average Bonchev–Trinajstić information content (AvgIpc) is 2.87. The lowest BCUT2D eigenvalue weighted by molar-refractivity contribution is 0.116. The van der Waals surface area contributed by atoms with Crippen molar-refractivity contribution in [2.24, 2.45) is 0 Å². The number of nitrogens with zero attached hydrogens (tertiary/aromatic N) is 3. The van der Waals surface area contributed by atoms with Gasteiger partial charge in [0.05, 0.1) is 0 Å². The highest BCUT2D eigenvalue weighted by atomic mass is 28.4. The van der Waals surface area contributed by atoms with Crippen LogP contribution >= 0.6 is 0 Å². The molecule has 1 heterocycles. The summed E-state index contributed by atoms with van der Waals surface area (Å²) in [6.45, 7) is 16.0. The zero-order chi connectivity index (χ0) is 24.9. The van der Waals surface area contributed by atoms with Crippen molar-refractivity contribution in [3.63, 3.8) is 0 Å². The van der Waals surface area contributed by atoms with E-state index in [2.05, 4.69) is 28.5 Å². The fourth-order valence-electron chi connectivity index (χ4n) is 4.97. The minimum atomic E-state index is -2.36. The summed E-state index contributed by atoms with van der Waals surface area (Å²) < 4.78 is 16.5. The van der Waals surface area contributed by atoms with Gasteiger partial charge in [-0.2, -0.15) is 0 Å². The highest BCUT2D eigenvalue weighted by molar-refractivity contribution is 6.60. The maximum Gasteiger partial charge on any atom is 0.500 e. The molecule has 6 nitrogen and oxygen atoms in total. The van der Waals surface area contributed by atoms with Crippen LogP contribution in [-0.2, 0) is 13.3 Å². The van der Waals surface area contributed by atoms with Gasteiger partial charge >= 0.3 is 8.80 Å². The molecule has 0 unspecified atom stereocenters. The lowest BCUT2D eigenvalue weighted by Gasteiger charge is -2.36. The van der Waals surface area contributed by atoms with Crippen molar-refractivity contribution in [3.8, 4) is 0 Å². The van der Waals surface area contributed by atoms with Gasteiger partial charge in [0, 0.05) is 66.6 Å². The molecule has 1 rings (SSSR count). The fourth-order valence-corrected chi connectivity index (χ4v) is 6.76. The molecular formula is C27H59N3O3Si. The Hall–Kier alpha value is -0.0231. The SMILES string of the molecule is CCCCCN(CCCCC)CCN1CCN(CCCCCCCC[Si](OC)(OC)OC)CC1. The van der Waals surface area contributed by atoms with Gasteiger partial charge in [0.2, 0.25) is 0 Å². The molecule has 1 fully saturated rings. The molecule has 1 aliphatic rings. The van der Waals surface area contributed by atoms with Crippen molar-refractivity contribution in [1.29, 1.82) is 0 Å². The van der Waals surface area contributed by atoms with E-state index in [1.54, 1.807) is 21.3 Å². The van der Waals surface area contributed by atoms with E-state index in [0.29, 0.717) is 0 Å². The van der Waals surface area contributed by atoms with Gasteiger partial charge < -0.3 is 23.1 Å². The quantitative estimate of drug-likeness (QED) is 0.136. The number of piperazine rings is 1. The summed E-state index contributed by atoms with van der Waals surface area (Å²) in [5, 5.41) is 0. The summed E-state index contributed by atoms with van der Waals surface area (Å²) in [5.74, 6) is 0. The molecule has 7 heteroatoms. The van der Waals surface area contributed by atoms with E-state index in [4.69, 9.17) is 13.3 Å². The third-order valence-electron chi connectivity index (χ3n) is 7.49. The summed E-state index contributed by atoms with van der Waals surface area (Å²) in [6, 6.07) is 0.927. The van der Waals surface area contributed by atoms with E-state index >= 15 is 0 Å². The predicted molar refractivity (Wildman–Crippen MR) is 148 cm³/mol. The molecule has 0 aromatic heterocycles. The van der Waals surface area contributed by atoms with Crippen molar-refractivity contribution >= 4 is 8.80 Å². The van der Waals surface area contributed by atoms with Crippen molar-refractivity contribution < 1.29 is 13.3 Å². The van der Waals surface area contributed by atoms with E-state index in [-0.39, 0.29) is 0 Å². The molecule has 34 heavy (non-hydrogen) atoms. The number of unbranched alkanes of at least 4 members (excludes halogenated alkanes) is 9. The lowest BCUT2D eigenvalue weighted by atomic mass is 10.1. The molecule has 0 N–H and O–H groups in total. The van der Waals surface area contributed by atoms with Gasteiger partial charge in [-0.1, -0.05) is 65.2 Å². The van der Waals surface area contributed by atoms with Gasteiger partial charge in [-0.3, -0.25) is 4.90 Å². The Labute approximate surface area is 214 Å². The smallest absolute Gasteiger partial charge is 0.377 e. The molecule has 0 radical (unpaired) electrons. The van der Waals surface area contributed by atoms with Gasteiger partial charge in [0.15, 0.2) is 0 Å². The Kier molecular flexibility index (Phi) is 19.9. The van der Waals surface area contributed by atoms with E-state index in [0.717, 1.165) is 12.5 Å². The van der Waals surface area contributed by atoms with Crippen molar-refractivity contribution in [1.82, 2.24) is 14.7 Å². The molecule has 0 aromatic rings. The molecule has 1 saturated heterocycles. The minimum Gasteiger partial charge on any atom is -0.377 e. The van der Waals surface area contributed by atoms with E-state index in [1.165, 1.54) is 130 Å². The van der Waals surface area contributed by atoms with Crippen LogP contribution in [0.4, 0.5) is 0 Å². The molecule has 0 aromatic carbocycles. The Morgan fingerprint density at radius 3 is 1.53 bits per heavy atom. The Morgan fingerprint density at radius 2 is 1.03 bits per heavy atom. The normalized spacial score (nSPS) is 16.1. The molecular weight excluding hydrogens is 442 g/mol. The molecule has 0 spiro atoms. The predicted octanol–water partition coefficient (Wildman–Crippen LogP) is 5.51. The Bertz CT molecular complexity index is 429. The van der Waals surface area contributed by atoms with Crippen LogP contribution in [0.25, 0.3) is 0 Å². The van der Waals surface area contributed by atoms with Crippen LogP contribution in [0.5, 0.6) is 0 Å². The second-order valence-electron chi connectivity index (χ2n) is 10.1. The lowest BCUT2D eigenvalue weighted by Crippen LogP contribution is -2.48. The second-order valence-corrected chi connectivity index (χ2v) is 13.2.